The zero-order valence-corrected chi connectivity index (χ0v) is 13.7. The molecule has 0 bridgehead atoms. The third-order valence-electron chi connectivity index (χ3n) is 3.66. The van der Waals surface area contributed by atoms with Crippen molar-refractivity contribution in [3.8, 4) is 0 Å². The molecule has 4 nitrogen and oxygen atoms in total. The molecule has 1 aromatic rings. The molecule has 1 aromatic carbocycles. The summed E-state index contributed by atoms with van der Waals surface area (Å²) in [6.07, 6.45) is 0.902. The Labute approximate surface area is 127 Å². The topological polar surface area (TPSA) is 63.2 Å². The number of benzene rings is 1. The minimum absolute atomic E-state index is 0.0868. The van der Waals surface area contributed by atoms with E-state index in [9.17, 15) is 13.2 Å². The summed E-state index contributed by atoms with van der Waals surface area (Å²) in [5.41, 5.74) is 0.856. The van der Waals surface area contributed by atoms with Gasteiger partial charge in [-0.25, -0.2) is 8.42 Å². The molecule has 1 N–H and O–H groups in total. The van der Waals surface area contributed by atoms with E-state index in [1.807, 2.05) is 0 Å². The van der Waals surface area contributed by atoms with Crippen molar-refractivity contribution in [2.75, 3.05) is 0 Å². The first-order valence-corrected chi connectivity index (χ1v) is 8.77. The molecule has 110 valence electrons. The Morgan fingerprint density at radius 2 is 1.95 bits per heavy atom. The molecule has 1 saturated carbocycles. The summed E-state index contributed by atoms with van der Waals surface area (Å²) in [5.74, 6) is -0.331. The van der Waals surface area contributed by atoms with E-state index in [1.54, 1.807) is 6.92 Å². The summed E-state index contributed by atoms with van der Waals surface area (Å²) >= 11 is 5.97. The first-order valence-electron chi connectivity index (χ1n) is 6.08. The second-order valence-corrected chi connectivity index (χ2v) is 8.71. The third-order valence-corrected chi connectivity index (χ3v) is 5.39. The van der Waals surface area contributed by atoms with E-state index < -0.39 is 9.05 Å². The molecule has 2 rings (SSSR count). The van der Waals surface area contributed by atoms with E-state index in [0.717, 1.165) is 6.42 Å². The Hall–Kier alpha value is -0.780. The maximum absolute atomic E-state index is 12.2. The van der Waals surface area contributed by atoms with Crippen LogP contribution in [0.1, 0.15) is 36.2 Å². The zero-order valence-electron chi connectivity index (χ0n) is 11.3. The number of carbonyl (C=O) groups is 1. The van der Waals surface area contributed by atoms with Crippen LogP contribution < -0.4 is 5.32 Å². The fourth-order valence-corrected chi connectivity index (χ4v) is 3.05. The Kier molecular flexibility index (Phi) is 3.82. The van der Waals surface area contributed by atoms with Gasteiger partial charge in [0.15, 0.2) is 0 Å². The van der Waals surface area contributed by atoms with Gasteiger partial charge < -0.3 is 5.32 Å². The Morgan fingerprint density at radius 1 is 1.40 bits per heavy atom. The van der Waals surface area contributed by atoms with E-state index in [2.05, 4.69) is 19.2 Å². The van der Waals surface area contributed by atoms with E-state index in [1.165, 1.54) is 12.1 Å². The van der Waals surface area contributed by atoms with Gasteiger partial charge in [0.25, 0.3) is 15.0 Å². The summed E-state index contributed by atoms with van der Waals surface area (Å²) < 4.78 is 22.8. The van der Waals surface area contributed by atoms with Crippen molar-refractivity contribution in [3.63, 3.8) is 0 Å². The highest BCUT2D eigenvalue weighted by Crippen LogP contribution is 2.44. The number of carbonyl (C=O) groups excluding carboxylic acids is 1. The van der Waals surface area contributed by atoms with E-state index in [-0.39, 0.29) is 32.8 Å². The highest BCUT2D eigenvalue weighted by molar-refractivity contribution is 8.13. The van der Waals surface area contributed by atoms with Crippen LogP contribution in [-0.4, -0.2) is 20.4 Å². The van der Waals surface area contributed by atoms with Crippen LogP contribution in [0.5, 0.6) is 0 Å². The maximum atomic E-state index is 12.2. The van der Waals surface area contributed by atoms with Crippen LogP contribution in [0.25, 0.3) is 0 Å². The molecular formula is C13H15Cl2NO3S. The van der Waals surface area contributed by atoms with Gasteiger partial charge in [-0.2, -0.15) is 0 Å². The molecule has 1 fully saturated rings. The van der Waals surface area contributed by atoms with Gasteiger partial charge in [-0.15, -0.1) is 0 Å². The summed E-state index contributed by atoms with van der Waals surface area (Å²) in [6.45, 7) is 5.77. The molecule has 1 unspecified atom stereocenters. The molecule has 1 aliphatic rings. The molecule has 1 atom stereocenters. The van der Waals surface area contributed by atoms with Gasteiger partial charge >= 0.3 is 0 Å². The molecule has 1 amide bonds. The van der Waals surface area contributed by atoms with Crippen molar-refractivity contribution in [1.29, 1.82) is 0 Å². The zero-order chi connectivity index (χ0) is 15.3. The SMILES string of the molecule is Cc1c(Cl)cc(S(=O)(=O)Cl)cc1C(=O)NC1CC1(C)C. The Bertz CT molecular complexity index is 683. The second kappa shape index (κ2) is 4.90. The van der Waals surface area contributed by atoms with Crippen LogP contribution in [0.15, 0.2) is 17.0 Å². The number of rotatable bonds is 3. The average Bonchev–Trinajstić information content (AvgIpc) is 2.87. The van der Waals surface area contributed by atoms with Crippen LogP contribution in [-0.2, 0) is 9.05 Å². The molecule has 7 heteroatoms. The fourth-order valence-electron chi connectivity index (χ4n) is 1.98. The van der Waals surface area contributed by atoms with Gasteiger partial charge in [-0.05, 0) is 36.5 Å². The quantitative estimate of drug-likeness (QED) is 0.863. The van der Waals surface area contributed by atoms with Crippen LogP contribution in [0.3, 0.4) is 0 Å². The molecule has 20 heavy (non-hydrogen) atoms. The highest BCUT2D eigenvalue weighted by atomic mass is 35.7. The minimum Gasteiger partial charge on any atom is -0.349 e. The molecule has 0 saturated heterocycles. The molecule has 0 radical (unpaired) electrons. The number of halogens is 2. The van der Waals surface area contributed by atoms with Gasteiger partial charge in [0, 0.05) is 27.3 Å². The average molecular weight is 336 g/mol. The van der Waals surface area contributed by atoms with Crippen LogP contribution >= 0.6 is 22.3 Å². The molecule has 1 aliphatic carbocycles. The first-order chi connectivity index (χ1) is 9.02. The first kappa shape index (κ1) is 15.6. The van der Waals surface area contributed by atoms with Gasteiger partial charge in [-0.3, -0.25) is 4.79 Å². The van der Waals surface area contributed by atoms with Crippen LogP contribution in [0.4, 0.5) is 0 Å². The standard InChI is InChI=1S/C13H15Cl2NO3S/c1-7-9(12(17)16-11-6-13(11,2)3)4-8(5-10(7)14)20(15,18)19/h4-5,11H,6H2,1-3H3,(H,16,17). The summed E-state index contributed by atoms with van der Waals surface area (Å²) in [6, 6.07) is 2.61. The summed E-state index contributed by atoms with van der Waals surface area (Å²) in [7, 11) is 1.38. The number of amides is 1. The lowest BCUT2D eigenvalue weighted by atomic mass is 10.1. The lowest BCUT2D eigenvalue weighted by Crippen LogP contribution is -2.29. The summed E-state index contributed by atoms with van der Waals surface area (Å²) in [4.78, 5) is 12.1. The smallest absolute Gasteiger partial charge is 0.261 e. The van der Waals surface area contributed by atoms with Crippen molar-refractivity contribution in [1.82, 2.24) is 5.32 Å². The van der Waals surface area contributed by atoms with E-state index >= 15 is 0 Å². The van der Waals surface area contributed by atoms with E-state index in [4.69, 9.17) is 22.3 Å². The Balaban J connectivity index is 2.36. The lowest BCUT2D eigenvalue weighted by Gasteiger charge is -2.11. The van der Waals surface area contributed by atoms with Crippen molar-refractivity contribution in [3.05, 3.63) is 28.3 Å². The highest BCUT2D eigenvalue weighted by Gasteiger charge is 2.46. The predicted octanol–water partition coefficient (Wildman–Crippen LogP) is 3.10. The third kappa shape index (κ3) is 3.10. The minimum atomic E-state index is -3.93. The van der Waals surface area contributed by atoms with Gasteiger partial charge in [-0.1, -0.05) is 25.4 Å². The van der Waals surface area contributed by atoms with Crippen molar-refractivity contribution in [2.45, 2.75) is 38.1 Å². The Morgan fingerprint density at radius 3 is 2.40 bits per heavy atom. The lowest BCUT2D eigenvalue weighted by molar-refractivity contribution is 0.0945. The van der Waals surface area contributed by atoms with Gasteiger partial charge in [0.05, 0.1) is 4.90 Å². The van der Waals surface area contributed by atoms with Crippen molar-refractivity contribution >= 4 is 37.2 Å². The maximum Gasteiger partial charge on any atom is 0.261 e. The van der Waals surface area contributed by atoms with Crippen molar-refractivity contribution in [2.24, 2.45) is 5.41 Å². The largest absolute Gasteiger partial charge is 0.349 e. The molecule has 0 aromatic heterocycles. The summed E-state index contributed by atoms with van der Waals surface area (Å²) in [5, 5.41) is 3.07. The van der Waals surface area contributed by atoms with Crippen LogP contribution in [0, 0.1) is 12.3 Å². The monoisotopic (exact) mass is 335 g/mol. The predicted molar refractivity (Wildman–Crippen MR) is 78.9 cm³/mol. The molecule has 0 aliphatic heterocycles. The van der Waals surface area contributed by atoms with Crippen molar-refractivity contribution < 1.29 is 13.2 Å². The number of nitrogens with one attached hydrogen (secondary N) is 1. The molecular weight excluding hydrogens is 321 g/mol. The van der Waals surface area contributed by atoms with E-state index in [0.29, 0.717) is 5.56 Å². The fraction of sp³-hybridized carbons (Fsp3) is 0.462. The molecule has 0 spiro atoms. The number of hydrogen-bond acceptors (Lipinski definition) is 3. The normalized spacial score (nSPS) is 20.6. The number of hydrogen-bond donors (Lipinski definition) is 1. The van der Waals surface area contributed by atoms with Gasteiger partial charge in [0.2, 0.25) is 0 Å². The second-order valence-electron chi connectivity index (χ2n) is 5.73. The molecule has 0 heterocycles. The van der Waals surface area contributed by atoms with Gasteiger partial charge in [0.1, 0.15) is 0 Å². The van der Waals surface area contributed by atoms with Crippen LogP contribution in [0.2, 0.25) is 5.02 Å².